The lowest BCUT2D eigenvalue weighted by Crippen LogP contribution is -2.39. The van der Waals surface area contributed by atoms with Gasteiger partial charge in [0.2, 0.25) is 5.95 Å². The van der Waals surface area contributed by atoms with Crippen LogP contribution in [0.3, 0.4) is 0 Å². The van der Waals surface area contributed by atoms with Gasteiger partial charge in [0.1, 0.15) is 16.4 Å². The number of fused-ring (bicyclic) bond motifs is 1. The average molecular weight is 512 g/mol. The molecule has 1 aliphatic rings. The zero-order valence-electron chi connectivity index (χ0n) is 19.7. The molecule has 2 aromatic heterocycles. The van der Waals surface area contributed by atoms with Crippen molar-refractivity contribution in [1.82, 2.24) is 24.6 Å². The third-order valence-electron chi connectivity index (χ3n) is 5.93. The zero-order chi connectivity index (χ0) is 25.1. The minimum atomic E-state index is -4.05. The Bertz CT molecular complexity index is 1470. The van der Waals surface area contributed by atoms with Gasteiger partial charge < -0.3 is 10.1 Å². The maximum Gasteiger partial charge on any atom is 0.264 e. The molecule has 188 valence electrons. The first kappa shape index (κ1) is 24.1. The first-order valence-electron chi connectivity index (χ1n) is 11.5. The van der Waals surface area contributed by atoms with Crippen molar-refractivity contribution >= 4 is 32.7 Å². The van der Waals surface area contributed by atoms with Gasteiger partial charge in [0, 0.05) is 50.7 Å². The number of morpholine rings is 1. The van der Waals surface area contributed by atoms with Crippen LogP contribution in [0.4, 0.5) is 16.0 Å². The number of ether oxygens (including phenoxy) is 1. The van der Waals surface area contributed by atoms with Crippen molar-refractivity contribution in [2.75, 3.05) is 49.4 Å². The van der Waals surface area contributed by atoms with E-state index in [9.17, 15) is 12.8 Å². The number of nitrogens with zero attached hydrogens (tertiary/aromatic N) is 5. The predicted octanol–water partition coefficient (Wildman–Crippen LogP) is 2.71. The summed E-state index contributed by atoms with van der Waals surface area (Å²) in [5.74, 6) is -0.278. The average Bonchev–Trinajstić information content (AvgIpc) is 3.21. The number of sulfonamides is 1. The Morgan fingerprint density at radius 2 is 1.83 bits per heavy atom. The van der Waals surface area contributed by atoms with Crippen molar-refractivity contribution in [2.24, 2.45) is 7.05 Å². The molecule has 1 saturated heterocycles. The van der Waals surface area contributed by atoms with E-state index in [1.54, 1.807) is 35.1 Å². The zero-order valence-corrected chi connectivity index (χ0v) is 20.5. The molecule has 2 aromatic carbocycles. The highest BCUT2D eigenvalue weighted by atomic mass is 32.2. The van der Waals surface area contributed by atoms with E-state index < -0.39 is 20.7 Å². The molecule has 5 rings (SSSR count). The minimum absolute atomic E-state index is 0.310. The van der Waals surface area contributed by atoms with Crippen LogP contribution < -0.4 is 10.0 Å². The molecule has 0 spiro atoms. The second-order valence-electron chi connectivity index (χ2n) is 8.40. The molecule has 1 aliphatic heterocycles. The minimum Gasteiger partial charge on any atom is -0.379 e. The summed E-state index contributed by atoms with van der Waals surface area (Å²) >= 11 is 0. The van der Waals surface area contributed by atoms with Crippen molar-refractivity contribution < 1.29 is 17.5 Å². The highest BCUT2D eigenvalue weighted by molar-refractivity contribution is 7.92. The van der Waals surface area contributed by atoms with Gasteiger partial charge in [-0.05, 0) is 24.3 Å². The molecule has 0 amide bonds. The van der Waals surface area contributed by atoms with Crippen molar-refractivity contribution in [3.05, 3.63) is 60.5 Å². The fourth-order valence-corrected chi connectivity index (χ4v) is 5.19. The van der Waals surface area contributed by atoms with Crippen LogP contribution >= 0.6 is 0 Å². The lowest BCUT2D eigenvalue weighted by molar-refractivity contribution is 0.0398. The SMILES string of the molecule is Cn1nc(-c2ccc(NS(=O)(=O)c3ccccc3F)cc2)c2cnc(NCCN3CCOCC3)nc21. The maximum absolute atomic E-state index is 14.0. The highest BCUT2D eigenvalue weighted by Crippen LogP contribution is 2.28. The molecule has 0 atom stereocenters. The Labute approximate surface area is 208 Å². The highest BCUT2D eigenvalue weighted by Gasteiger charge is 2.19. The topological polar surface area (TPSA) is 114 Å². The van der Waals surface area contributed by atoms with Gasteiger partial charge in [0.25, 0.3) is 10.0 Å². The van der Waals surface area contributed by atoms with Gasteiger partial charge in [-0.1, -0.05) is 24.3 Å². The number of benzene rings is 2. The van der Waals surface area contributed by atoms with Crippen LogP contribution in [-0.2, 0) is 21.8 Å². The smallest absolute Gasteiger partial charge is 0.264 e. The van der Waals surface area contributed by atoms with Crippen molar-refractivity contribution in [3.8, 4) is 11.3 Å². The van der Waals surface area contributed by atoms with Gasteiger partial charge in [-0.25, -0.2) is 22.5 Å². The van der Waals surface area contributed by atoms with Crippen LogP contribution in [0.2, 0.25) is 0 Å². The van der Waals surface area contributed by atoms with Crippen molar-refractivity contribution in [3.63, 3.8) is 0 Å². The van der Waals surface area contributed by atoms with Crippen LogP contribution in [0, 0.1) is 5.82 Å². The maximum atomic E-state index is 14.0. The molecule has 0 aliphatic carbocycles. The van der Waals surface area contributed by atoms with E-state index >= 15 is 0 Å². The molecular formula is C24H26FN7O3S. The van der Waals surface area contributed by atoms with E-state index in [1.165, 1.54) is 18.2 Å². The summed E-state index contributed by atoms with van der Waals surface area (Å²) in [5, 5.41) is 8.64. The first-order chi connectivity index (χ1) is 17.4. The second-order valence-corrected chi connectivity index (χ2v) is 10.0. The van der Waals surface area contributed by atoms with Crippen LogP contribution in [0.15, 0.2) is 59.6 Å². The van der Waals surface area contributed by atoms with Crippen LogP contribution in [0.1, 0.15) is 0 Å². The monoisotopic (exact) mass is 511 g/mol. The number of halogens is 1. The summed E-state index contributed by atoms with van der Waals surface area (Å²) in [6.45, 7) is 4.98. The second kappa shape index (κ2) is 10.2. The number of anilines is 2. The first-order valence-corrected chi connectivity index (χ1v) is 13.0. The summed E-state index contributed by atoms with van der Waals surface area (Å²) in [5.41, 5.74) is 2.44. The van der Waals surface area contributed by atoms with E-state index in [1.807, 2.05) is 7.05 Å². The Morgan fingerprint density at radius 1 is 1.08 bits per heavy atom. The molecule has 0 radical (unpaired) electrons. The molecule has 0 bridgehead atoms. The lowest BCUT2D eigenvalue weighted by atomic mass is 10.1. The van der Waals surface area contributed by atoms with E-state index in [-0.39, 0.29) is 0 Å². The third-order valence-corrected chi connectivity index (χ3v) is 7.35. The van der Waals surface area contributed by atoms with E-state index in [0.29, 0.717) is 23.0 Å². The fourth-order valence-electron chi connectivity index (χ4n) is 4.06. The molecule has 1 fully saturated rings. The quantitative estimate of drug-likeness (QED) is 0.371. The molecule has 4 aromatic rings. The predicted molar refractivity (Wildman–Crippen MR) is 135 cm³/mol. The number of aromatic nitrogens is 4. The summed E-state index contributed by atoms with van der Waals surface area (Å²) in [7, 11) is -2.24. The summed E-state index contributed by atoms with van der Waals surface area (Å²) < 4.78 is 48.5. The summed E-state index contributed by atoms with van der Waals surface area (Å²) in [6.07, 6.45) is 1.73. The Kier molecular flexibility index (Phi) is 6.81. The molecule has 36 heavy (non-hydrogen) atoms. The fraction of sp³-hybridized carbons (Fsp3) is 0.292. The van der Waals surface area contributed by atoms with E-state index in [2.05, 4.69) is 30.0 Å². The number of hydrogen-bond acceptors (Lipinski definition) is 8. The lowest BCUT2D eigenvalue weighted by Gasteiger charge is -2.26. The standard InChI is InChI=1S/C24H26FN7O3S/c1-31-23-19(16-27-24(28-23)26-10-11-32-12-14-35-15-13-32)22(29-31)17-6-8-18(9-7-17)30-36(33,34)21-5-3-2-4-20(21)25/h2-9,16,30H,10-15H2,1H3,(H,26,27,28). The summed E-state index contributed by atoms with van der Waals surface area (Å²) in [6, 6.07) is 11.9. The molecule has 0 saturated carbocycles. The van der Waals surface area contributed by atoms with Gasteiger partial charge in [-0.3, -0.25) is 9.62 Å². The van der Waals surface area contributed by atoms with Gasteiger partial charge >= 0.3 is 0 Å². The number of aryl methyl sites for hydroxylation is 1. The normalized spacial score (nSPS) is 14.7. The molecule has 3 heterocycles. The number of nitrogens with one attached hydrogen (secondary N) is 2. The molecule has 0 unspecified atom stereocenters. The van der Waals surface area contributed by atoms with Gasteiger partial charge in [0.15, 0.2) is 5.65 Å². The number of hydrogen-bond donors (Lipinski definition) is 2. The van der Waals surface area contributed by atoms with Crippen LogP contribution in [-0.4, -0.2) is 72.5 Å². The van der Waals surface area contributed by atoms with E-state index in [0.717, 1.165) is 56.4 Å². The van der Waals surface area contributed by atoms with Crippen LogP contribution in [0.25, 0.3) is 22.3 Å². The van der Waals surface area contributed by atoms with Crippen LogP contribution in [0.5, 0.6) is 0 Å². The Balaban J connectivity index is 1.30. The third kappa shape index (κ3) is 5.15. The largest absolute Gasteiger partial charge is 0.379 e. The van der Waals surface area contributed by atoms with Gasteiger partial charge in [-0.2, -0.15) is 10.1 Å². The molecular weight excluding hydrogens is 485 g/mol. The molecule has 2 N–H and O–H groups in total. The number of rotatable bonds is 8. The van der Waals surface area contributed by atoms with Crippen molar-refractivity contribution in [1.29, 1.82) is 0 Å². The van der Waals surface area contributed by atoms with E-state index in [4.69, 9.17) is 4.74 Å². The Morgan fingerprint density at radius 3 is 2.58 bits per heavy atom. The van der Waals surface area contributed by atoms with Gasteiger partial charge in [0.05, 0.1) is 18.6 Å². The Hall–Kier alpha value is -3.61. The summed E-state index contributed by atoms with van der Waals surface area (Å²) in [4.78, 5) is 11.0. The molecule has 12 heteroatoms. The van der Waals surface area contributed by atoms with Crippen molar-refractivity contribution in [2.45, 2.75) is 4.90 Å². The molecule has 10 nitrogen and oxygen atoms in total. The van der Waals surface area contributed by atoms with Gasteiger partial charge in [-0.15, -0.1) is 0 Å².